The third-order valence-corrected chi connectivity index (χ3v) is 3.57. The SMILES string of the molecule is Cc1ccc(CN(C)C(=O)CCc2ccc(N)cc2)cc1. The van der Waals surface area contributed by atoms with E-state index in [0.717, 1.165) is 23.2 Å². The Morgan fingerprint density at radius 1 is 1.00 bits per heavy atom. The molecule has 0 aliphatic heterocycles. The third kappa shape index (κ3) is 4.63. The average molecular weight is 282 g/mol. The summed E-state index contributed by atoms with van der Waals surface area (Å²) in [5, 5.41) is 0. The van der Waals surface area contributed by atoms with Gasteiger partial charge in [-0.15, -0.1) is 0 Å². The first-order valence-electron chi connectivity index (χ1n) is 7.18. The molecule has 0 aliphatic carbocycles. The summed E-state index contributed by atoms with van der Waals surface area (Å²) < 4.78 is 0. The Morgan fingerprint density at radius 2 is 1.57 bits per heavy atom. The van der Waals surface area contributed by atoms with Gasteiger partial charge in [0.05, 0.1) is 0 Å². The summed E-state index contributed by atoms with van der Waals surface area (Å²) in [6.45, 7) is 2.71. The van der Waals surface area contributed by atoms with Crippen molar-refractivity contribution in [1.29, 1.82) is 0 Å². The smallest absolute Gasteiger partial charge is 0.222 e. The Morgan fingerprint density at radius 3 is 2.19 bits per heavy atom. The number of benzene rings is 2. The van der Waals surface area contributed by atoms with E-state index in [9.17, 15) is 4.79 Å². The van der Waals surface area contributed by atoms with Crippen molar-refractivity contribution in [2.45, 2.75) is 26.3 Å². The minimum atomic E-state index is 0.160. The van der Waals surface area contributed by atoms with E-state index in [0.29, 0.717) is 13.0 Å². The fourth-order valence-electron chi connectivity index (χ4n) is 2.18. The molecule has 0 radical (unpaired) electrons. The number of hydrogen-bond donors (Lipinski definition) is 1. The first kappa shape index (κ1) is 15.1. The highest BCUT2D eigenvalue weighted by atomic mass is 16.2. The summed E-state index contributed by atoms with van der Waals surface area (Å²) in [5.74, 6) is 0.160. The van der Waals surface area contributed by atoms with Crippen LogP contribution < -0.4 is 5.73 Å². The van der Waals surface area contributed by atoms with Crippen LogP contribution in [-0.2, 0) is 17.8 Å². The summed E-state index contributed by atoms with van der Waals surface area (Å²) in [4.78, 5) is 13.9. The van der Waals surface area contributed by atoms with Crippen molar-refractivity contribution < 1.29 is 4.79 Å². The van der Waals surface area contributed by atoms with Crippen LogP contribution in [0, 0.1) is 6.92 Å². The van der Waals surface area contributed by atoms with Gasteiger partial charge in [-0.3, -0.25) is 4.79 Å². The van der Waals surface area contributed by atoms with Gasteiger partial charge in [0.25, 0.3) is 0 Å². The van der Waals surface area contributed by atoms with Gasteiger partial charge in [0, 0.05) is 25.7 Å². The average Bonchev–Trinajstić information content (AvgIpc) is 2.48. The summed E-state index contributed by atoms with van der Waals surface area (Å²) in [7, 11) is 1.85. The van der Waals surface area contributed by atoms with E-state index in [1.807, 2.05) is 31.3 Å². The van der Waals surface area contributed by atoms with Gasteiger partial charge < -0.3 is 10.6 Å². The van der Waals surface area contributed by atoms with Crippen molar-refractivity contribution in [1.82, 2.24) is 4.90 Å². The van der Waals surface area contributed by atoms with Crippen molar-refractivity contribution in [3.8, 4) is 0 Å². The number of amides is 1. The molecule has 0 heterocycles. The van der Waals surface area contributed by atoms with Crippen LogP contribution >= 0.6 is 0 Å². The second-order valence-electron chi connectivity index (χ2n) is 5.48. The van der Waals surface area contributed by atoms with Crippen molar-refractivity contribution in [3.63, 3.8) is 0 Å². The Kier molecular flexibility index (Phi) is 4.99. The molecular weight excluding hydrogens is 260 g/mol. The molecule has 0 saturated heterocycles. The zero-order chi connectivity index (χ0) is 15.2. The van der Waals surface area contributed by atoms with Gasteiger partial charge in [-0.25, -0.2) is 0 Å². The van der Waals surface area contributed by atoms with E-state index in [1.54, 1.807) is 4.90 Å². The Labute approximate surface area is 126 Å². The first-order chi connectivity index (χ1) is 10.0. The molecule has 0 atom stereocenters. The largest absolute Gasteiger partial charge is 0.399 e. The van der Waals surface area contributed by atoms with Crippen LogP contribution in [0.4, 0.5) is 5.69 Å². The van der Waals surface area contributed by atoms with Crippen LogP contribution in [0.5, 0.6) is 0 Å². The van der Waals surface area contributed by atoms with Crippen LogP contribution in [0.3, 0.4) is 0 Å². The number of rotatable bonds is 5. The highest BCUT2D eigenvalue weighted by Crippen LogP contribution is 2.10. The van der Waals surface area contributed by atoms with Gasteiger partial charge in [-0.05, 0) is 36.6 Å². The van der Waals surface area contributed by atoms with Gasteiger partial charge in [-0.2, -0.15) is 0 Å². The molecular formula is C18H22N2O. The zero-order valence-corrected chi connectivity index (χ0v) is 12.7. The molecule has 3 heteroatoms. The Bertz CT molecular complexity index is 588. The van der Waals surface area contributed by atoms with E-state index in [1.165, 1.54) is 5.56 Å². The fraction of sp³-hybridized carbons (Fsp3) is 0.278. The molecule has 2 rings (SSSR count). The number of nitrogen functional groups attached to an aromatic ring is 1. The molecule has 2 aromatic rings. The van der Waals surface area contributed by atoms with Crippen LogP contribution in [0.25, 0.3) is 0 Å². The van der Waals surface area contributed by atoms with Crippen LogP contribution in [0.1, 0.15) is 23.1 Å². The van der Waals surface area contributed by atoms with E-state index in [-0.39, 0.29) is 5.91 Å². The topological polar surface area (TPSA) is 46.3 Å². The molecule has 2 N–H and O–H groups in total. The quantitative estimate of drug-likeness (QED) is 0.856. The number of hydrogen-bond acceptors (Lipinski definition) is 2. The van der Waals surface area contributed by atoms with Gasteiger partial charge in [-0.1, -0.05) is 42.0 Å². The normalized spacial score (nSPS) is 10.4. The van der Waals surface area contributed by atoms with Gasteiger partial charge in [0.15, 0.2) is 0 Å². The van der Waals surface area contributed by atoms with Gasteiger partial charge >= 0.3 is 0 Å². The Hall–Kier alpha value is -2.29. The zero-order valence-electron chi connectivity index (χ0n) is 12.7. The van der Waals surface area contributed by atoms with Gasteiger partial charge in [0.2, 0.25) is 5.91 Å². The molecule has 0 unspecified atom stereocenters. The highest BCUT2D eigenvalue weighted by Gasteiger charge is 2.09. The molecule has 3 nitrogen and oxygen atoms in total. The van der Waals surface area contributed by atoms with Crippen LogP contribution in [0.2, 0.25) is 0 Å². The highest BCUT2D eigenvalue weighted by molar-refractivity contribution is 5.76. The number of anilines is 1. The van der Waals surface area contributed by atoms with E-state index >= 15 is 0 Å². The molecule has 2 aromatic carbocycles. The number of aryl methyl sites for hydroxylation is 2. The van der Waals surface area contributed by atoms with Crippen molar-refractivity contribution in [3.05, 3.63) is 65.2 Å². The van der Waals surface area contributed by atoms with Crippen molar-refractivity contribution in [2.75, 3.05) is 12.8 Å². The monoisotopic (exact) mass is 282 g/mol. The maximum Gasteiger partial charge on any atom is 0.222 e. The van der Waals surface area contributed by atoms with Gasteiger partial charge in [0.1, 0.15) is 0 Å². The van der Waals surface area contributed by atoms with E-state index < -0.39 is 0 Å². The molecule has 0 bridgehead atoms. The standard InChI is InChI=1S/C18H22N2O/c1-14-3-5-16(6-4-14)13-20(2)18(21)12-9-15-7-10-17(19)11-8-15/h3-8,10-11H,9,12-13,19H2,1-2H3. The minimum Gasteiger partial charge on any atom is -0.399 e. The van der Waals surface area contributed by atoms with Crippen LogP contribution in [-0.4, -0.2) is 17.9 Å². The lowest BCUT2D eigenvalue weighted by Gasteiger charge is -2.17. The molecule has 110 valence electrons. The number of carbonyl (C=O) groups is 1. The molecule has 21 heavy (non-hydrogen) atoms. The molecule has 0 saturated carbocycles. The first-order valence-corrected chi connectivity index (χ1v) is 7.18. The third-order valence-electron chi connectivity index (χ3n) is 3.57. The second kappa shape index (κ2) is 6.93. The summed E-state index contributed by atoms with van der Waals surface area (Å²) in [6, 6.07) is 16.0. The maximum atomic E-state index is 12.2. The lowest BCUT2D eigenvalue weighted by Crippen LogP contribution is -2.26. The minimum absolute atomic E-state index is 0.160. The lowest BCUT2D eigenvalue weighted by atomic mass is 10.1. The fourth-order valence-corrected chi connectivity index (χ4v) is 2.18. The molecule has 1 amide bonds. The molecule has 0 fully saturated rings. The molecule has 0 aromatic heterocycles. The van der Waals surface area contributed by atoms with Crippen LogP contribution in [0.15, 0.2) is 48.5 Å². The summed E-state index contributed by atoms with van der Waals surface area (Å²) >= 11 is 0. The molecule has 0 aliphatic rings. The van der Waals surface area contributed by atoms with Crippen molar-refractivity contribution >= 4 is 11.6 Å². The maximum absolute atomic E-state index is 12.2. The predicted octanol–water partition coefficient (Wildman–Crippen LogP) is 3.17. The van der Waals surface area contributed by atoms with E-state index in [2.05, 4.69) is 31.2 Å². The second-order valence-corrected chi connectivity index (χ2v) is 5.48. The summed E-state index contributed by atoms with van der Waals surface area (Å²) in [5.41, 5.74) is 9.93. The molecule has 0 spiro atoms. The predicted molar refractivity (Wildman–Crippen MR) is 86.8 cm³/mol. The van der Waals surface area contributed by atoms with E-state index in [4.69, 9.17) is 5.73 Å². The number of nitrogens with zero attached hydrogens (tertiary/aromatic N) is 1. The number of nitrogens with two attached hydrogens (primary N) is 1. The summed E-state index contributed by atoms with van der Waals surface area (Å²) in [6.07, 6.45) is 1.27. The number of carbonyl (C=O) groups excluding carboxylic acids is 1. The Balaban J connectivity index is 1.84. The van der Waals surface area contributed by atoms with Crippen molar-refractivity contribution in [2.24, 2.45) is 0 Å². The lowest BCUT2D eigenvalue weighted by molar-refractivity contribution is -0.130.